The van der Waals surface area contributed by atoms with E-state index in [9.17, 15) is 166 Å². The summed E-state index contributed by atoms with van der Waals surface area (Å²) < 4.78 is 16.9. The fourth-order valence-electron chi connectivity index (χ4n) is 19.1. The van der Waals surface area contributed by atoms with E-state index in [1.165, 1.54) is 4.90 Å². The molecule has 3 atom stereocenters. The van der Waals surface area contributed by atoms with Crippen molar-refractivity contribution < 1.29 is 249 Å². The topological polar surface area (TPSA) is 724 Å². The average molecular weight is 2460 g/mol. The molecule has 856 valence electrons. The summed E-state index contributed by atoms with van der Waals surface area (Å²) in [7, 11) is 0. The van der Waals surface area contributed by atoms with E-state index in [1.54, 1.807) is 102 Å². The molecule has 6 rings (SSSR count). The third-order valence-corrected chi connectivity index (χ3v) is 26.5. The van der Waals surface area contributed by atoms with Gasteiger partial charge in [0.05, 0.1) is 206 Å². The van der Waals surface area contributed by atoms with Gasteiger partial charge in [0, 0.05) is 255 Å². The maximum atomic E-state index is 13.0. The maximum absolute atomic E-state index is 13.0. The van der Waals surface area contributed by atoms with Crippen molar-refractivity contribution in [3.05, 3.63) is 0 Å². The number of aliphatic hydroxyl groups is 18. The van der Waals surface area contributed by atoms with E-state index < -0.39 is 262 Å². The number of carboxylic acids is 6. The normalized spacial score (nSPS) is 22.2. The molecule has 6 heterocycles. The number of halogens is 3. The summed E-state index contributed by atoms with van der Waals surface area (Å²) in [6.45, 7) is 14.4. The van der Waals surface area contributed by atoms with Crippen LogP contribution < -0.4 is 15.3 Å². The zero-order chi connectivity index (χ0) is 110. The van der Waals surface area contributed by atoms with Gasteiger partial charge in [-0.3, -0.25) is 102 Å². The zero-order valence-electron chi connectivity index (χ0n) is 85.8. The number of esters is 3. The second kappa shape index (κ2) is 68.2. The molecule has 0 bridgehead atoms. The summed E-state index contributed by atoms with van der Waals surface area (Å²) in [5.74, 6) is 6.68. The first kappa shape index (κ1) is 139. The van der Waals surface area contributed by atoms with Gasteiger partial charge in [0.2, 0.25) is 0 Å². The Labute approximate surface area is 908 Å². The number of carbonyl (C=O) groups is 9. The van der Waals surface area contributed by atoms with Crippen LogP contribution in [0.3, 0.4) is 0 Å². The molecule has 1 radical (unpaired) electrons. The van der Waals surface area contributed by atoms with Crippen LogP contribution in [0.5, 0.6) is 0 Å². The number of piperidine rings is 3. The van der Waals surface area contributed by atoms with E-state index >= 15 is 0 Å². The van der Waals surface area contributed by atoms with E-state index in [-0.39, 0.29) is 255 Å². The molecule has 6 saturated heterocycles. The first-order valence-corrected chi connectivity index (χ1v) is 57.1. The Morgan fingerprint density at radius 1 is 0.267 bits per heavy atom. The van der Waals surface area contributed by atoms with Gasteiger partial charge in [-0.1, -0.05) is 0 Å². The Kier molecular flexibility index (Phi) is 65.1. The molecule has 6 fully saturated rings. The number of likely N-dealkylation sites (tertiary alicyclic amines) is 3. The van der Waals surface area contributed by atoms with E-state index in [2.05, 4.69) is 0 Å². The molecule has 146 heavy (non-hydrogen) atoms. The number of hydrogen-bond acceptors (Lipinski definition) is 48. The van der Waals surface area contributed by atoms with Crippen molar-refractivity contribution in [1.29, 1.82) is 0 Å². The van der Waals surface area contributed by atoms with Crippen molar-refractivity contribution in [2.75, 3.05) is 374 Å². The molecule has 0 aliphatic carbocycles. The van der Waals surface area contributed by atoms with Crippen LogP contribution in [-0.4, -0.2) is 662 Å². The van der Waals surface area contributed by atoms with E-state index in [4.69, 9.17) is 32.1 Å². The van der Waals surface area contributed by atoms with Gasteiger partial charge in [0.1, 0.15) is 16.8 Å². The van der Waals surface area contributed by atoms with E-state index in [0.29, 0.717) is 65.4 Å². The fraction of sp³-hybridized carbons (Fsp3) is 0.900. The Balaban J connectivity index is 0.000000731. The van der Waals surface area contributed by atoms with Crippen LogP contribution in [0.15, 0.2) is 0 Å². The number of hydrogen-bond donors (Lipinski definition) is 21. The van der Waals surface area contributed by atoms with Crippen molar-refractivity contribution >= 4 is 71.6 Å². The van der Waals surface area contributed by atoms with Crippen LogP contribution in [0.4, 0.5) is 0 Å². The van der Waals surface area contributed by atoms with Crippen molar-refractivity contribution in [3.8, 4) is 0 Å². The second-order valence-corrected chi connectivity index (χ2v) is 52.3. The monoisotopic (exact) mass is 2460 g/mol. The van der Waals surface area contributed by atoms with Gasteiger partial charge in [-0.15, -0.1) is 0 Å². The Bertz CT molecular complexity index is 3480. The molecule has 51 nitrogen and oxygen atoms in total. The Morgan fingerprint density at radius 2 is 0.390 bits per heavy atom. The summed E-state index contributed by atoms with van der Waals surface area (Å²) in [5.41, 5.74) is -10.7. The molecule has 0 aromatic rings. The Hall–Kier alpha value is -2.57. The predicted molar refractivity (Wildman–Crippen MR) is 515 cm³/mol. The van der Waals surface area contributed by atoms with Gasteiger partial charge in [0.25, 0.3) is 0 Å². The smallest absolute Gasteiger partial charge is 3.00 e. The fourth-order valence-corrected chi connectivity index (χ4v) is 19.1. The van der Waals surface area contributed by atoms with E-state index in [0.717, 1.165) is 0 Å². The summed E-state index contributed by atoms with van der Waals surface area (Å²) in [5, 5.41) is 250. The van der Waals surface area contributed by atoms with Crippen LogP contribution in [-0.2, 0) is 57.4 Å². The minimum Gasteiger partial charge on any atom is 3.00 e. The van der Waals surface area contributed by atoms with Crippen LogP contribution in [0, 0.1) is 102 Å². The molecule has 21 N–H and O–H groups in total. The average Bonchev–Trinajstić information content (AvgIpc) is 0.760. The number of ether oxygens (including phenoxy) is 3. The zero-order valence-corrected chi connectivity index (χ0v) is 92.6. The summed E-state index contributed by atoms with van der Waals surface area (Å²) >= 11 is -1.98. The standard InChI is InChI=1S/C38H73N5O12.2C26H49N5O12.3ClH.2Gd/c1-34(2,3)53-30(49)20-40-12-10-39(18-29(48)19-43-23-37(25-44,26-45)33(52)38(24-43,27-46)28-47)11-13-41(21-31(50)54-35(4,5)6)15-17-42(16-14-40)22-32(51)55-36(7,8)9;2*32-16-25(17-33)14-31(15-26(18-34,19-35)24(25)43)10-20(36)9-27-1-3-28(11-21(37)38)5-7-30(13-23(41)42)8-6-29(4-2-27)12-22(39)40;;;;;/h29,33,44-48,52H,10-28H2,1-9H3;2*20,24,32-36,43H,1-19H2,(H,37,38)(H,39,40)(H,41,42);3*1H;;/q;;;;;;2*+3/p-6. The molecule has 3 unspecified atom stereocenters. The van der Waals surface area contributed by atoms with E-state index in [1.807, 2.05) is 29.4 Å². The quantitative estimate of drug-likeness (QED) is 0.0199. The predicted octanol–water partition coefficient (Wildman–Crippen LogP) is -14.8. The number of carboxylic acid groups (broad SMARTS) is 6. The first-order chi connectivity index (χ1) is 67.7. The summed E-state index contributed by atoms with van der Waals surface area (Å²) in [6.07, 6.45) is -7.24. The molecular formula is C90H168Cl3Gd2N15O36. The van der Waals surface area contributed by atoms with Crippen LogP contribution in [0.2, 0.25) is 0 Å². The summed E-state index contributed by atoms with van der Waals surface area (Å²) in [4.78, 5) is 134. The van der Waals surface area contributed by atoms with Crippen molar-refractivity contribution in [2.24, 2.45) is 32.5 Å². The molecule has 0 aromatic carbocycles. The molecule has 6 aliphatic rings. The molecule has 0 spiro atoms. The van der Waals surface area contributed by atoms with Crippen LogP contribution in [0.1, 0.15) is 62.3 Å². The van der Waals surface area contributed by atoms with Gasteiger partial charge in [-0.25, -0.2) is 0 Å². The first-order valence-electron chi connectivity index (χ1n) is 48.5. The molecule has 0 amide bonds. The maximum Gasteiger partial charge on any atom is 3.00 e. The number of rotatable bonds is 42. The molecular weight excluding hydrogens is 2290 g/mol. The van der Waals surface area contributed by atoms with Gasteiger partial charge >= 0.3 is 123 Å². The third-order valence-electron chi connectivity index (χ3n) is 26.5. The molecule has 56 heteroatoms. The number of β-amino-alcohol motifs (C(OH)–C–C–N with tert-alkyl or cyclic N) is 3. The van der Waals surface area contributed by atoms with Crippen molar-refractivity contribution in [1.82, 2.24) is 73.5 Å². The summed E-state index contributed by atoms with van der Waals surface area (Å²) in [6, 6.07) is 0. The minimum atomic E-state index is -1.98. The third kappa shape index (κ3) is 50.7. The molecule has 0 aromatic heterocycles. The Morgan fingerprint density at radius 3 is 0.514 bits per heavy atom. The number of aliphatic carboxylic acids is 6. The van der Waals surface area contributed by atoms with Crippen LogP contribution in [0.25, 0.3) is 0 Å². The molecule has 6 aliphatic heterocycles. The van der Waals surface area contributed by atoms with Crippen molar-refractivity contribution in [3.63, 3.8) is 0 Å². The number of aliphatic hydroxyl groups excluding tert-OH is 18. The second-order valence-electron chi connectivity index (χ2n) is 42.3. The minimum absolute atomic E-state index is 0. The SMILES string of the molecule is CC(C)(C)OC(=O)CN1CCN(CC(=O)OC(C)(C)C)CCN(CC(O)CN2CC(CO)(CO)C(O)C(CO)(CO)C2)CCN(CC(=O)OC(C)(C)C)CC1.O=C(O)CN1CCN(CC(=O)O)CCN(CC(O)CN2CC(CO)(CO)C(O)C(CO)(CO)C2)CCN(CC(=O)O)CC1.O=C([O-])CN1CCN(CC(=O)[O-])CCN(CC(O)CN2CC(CO)(CO)C(O)C(CO)(CO)C2)CCN(CC(=O)[O-])CC1.[Cl][Gd]([Cl])[Cl].[Gd+3]. The number of nitrogens with zero attached hydrogens (tertiary/aromatic N) is 15. The van der Waals surface area contributed by atoms with Gasteiger partial charge < -0.3 is 151 Å². The molecule has 0 saturated carbocycles. The number of carbonyl (C=O) groups excluding carboxylic acids is 6. The van der Waals surface area contributed by atoms with Crippen LogP contribution >= 0.6 is 17.9 Å². The largest absolute Gasteiger partial charge is 3.00 e. The van der Waals surface area contributed by atoms with Gasteiger partial charge in [-0.05, 0) is 62.3 Å². The van der Waals surface area contributed by atoms with Crippen molar-refractivity contribution in [2.45, 2.75) is 116 Å². The van der Waals surface area contributed by atoms with Gasteiger partial charge in [-0.2, -0.15) is 0 Å². The van der Waals surface area contributed by atoms with Gasteiger partial charge in [0.15, 0.2) is 0 Å².